The summed E-state index contributed by atoms with van der Waals surface area (Å²) in [5.41, 5.74) is 0. The van der Waals surface area contributed by atoms with Crippen molar-refractivity contribution in [2.75, 3.05) is 19.6 Å². The second-order valence-corrected chi connectivity index (χ2v) is 8.26. The molecular formula is C20H34N2O2. The van der Waals surface area contributed by atoms with Crippen LogP contribution in [-0.4, -0.2) is 47.3 Å². The zero-order valence-electron chi connectivity index (χ0n) is 15.3. The average molecular weight is 335 g/mol. The van der Waals surface area contributed by atoms with Gasteiger partial charge in [0.15, 0.2) is 0 Å². The first kappa shape index (κ1) is 17.8. The van der Waals surface area contributed by atoms with E-state index >= 15 is 0 Å². The Labute approximate surface area is 146 Å². The van der Waals surface area contributed by atoms with Crippen LogP contribution < -0.4 is 0 Å². The van der Waals surface area contributed by atoms with Crippen LogP contribution in [0.2, 0.25) is 0 Å². The van der Waals surface area contributed by atoms with Gasteiger partial charge in [-0.15, -0.1) is 0 Å². The molecule has 2 amide bonds. The molecule has 0 aromatic rings. The molecule has 0 N–H and O–H groups in total. The van der Waals surface area contributed by atoms with E-state index in [4.69, 9.17) is 0 Å². The Bertz CT molecular complexity index is 441. The van der Waals surface area contributed by atoms with Gasteiger partial charge in [0.25, 0.3) is 0 Å². The maximum absolute atomic E-state index is 12.7. The van der Waals surface area contributed by atoms with Gasteiger partial charge in [-0.1, -0.05) is 19.8 Å². The Morgan fingerprint density at radius 2 is 1.50 bits per heavy atom. The molecule has 4 nitrogen and oxygen atoms in total. The van der Waals surface area contributed by atoms with E-state index in [2.05, 4.69) is 11.8 Å². The predicted molar refractivity (Wildman–Crippen MR) is 95.5 cm³/mol. The number of rotatable bonds is 4. The molecule has 24 heavy (non-hydrogen) atoms. The molecule has 1 aliphatic carbocycles. The van der Waals surface area contributed by atoms with Crippen LogP contribution in [0, 0.1) is 11.8 Å². The first-order chi connectivity index (χ1) is 11.6. The second-order valence-electron chi connectivity index (χ2n) is 8.26. The molecule has 0 aromatic heterocycles. The lowest BCUT2D eigenvalue weighted by atomic mass is 9.78. The minimum absolute atomic E-state index is 0.254. The predicted octanol–water partition coefficient (Wildman–Crippen LogP) is 3.60. The molecule has 2 atom stereocenters. The Morgan fingerprint density at radius 3 is 2.29 bits per heavy atom. The molecule has 2 unspecified atom stereocenters. The summed E-state index contributed by atoms with van der Waals surface area (Å²) in [6.45, 7) is 5.02. The van der Waals surface area contributed by atoms with Crippen molar-refractivity contribution in [2.45, 2.75) is 83.6 Å². The lowest BCUT2D eigenvalue weighted by Gasteiger charge is -2.44. The van der Waals surface area contributed by atoms with E-state index in [0.29, 0.717) is 24.8 Å². The highest BCUT2D eigenvalue weighted by atomic mass is 16.2. The van der Waals surface area contributed by atoms with E-state index in [0.717, 1.165) is 57.2 Å². The molecule has 0 radical (unpaired) electrons. The normalized spacial score (nSPS) is 28.5. The molecular weight excluding hydrogens is 300 g/mol. The summed E-state index contributed by atoms with van der Waals surface area (Å²) in [6, 6.07) is 0.499. The monoisotopic (exact) mass is 334 g/mol. The van der Waals surface area contributed by atoms with Crippen LogP contribution in [0.3, 0.4) is 0 Å². The highest BCUT2D eigenvalue weighted by Crippen LogP contribution is 2.35. The number of piperidine rings is 2. The van der Waals surface area contributed by atoms with Crippen molar-refractivity contribution in [2.24, 2.45) is 11.8 Å². The minimum Gasteiger partial charge on any atom is -0.343 e. The third kappa shape index (κ3) is 4.31. The number of carbonyl (C=O) groups is 2. The van der Waals surface area contributed by atoms with E-state index in [-0.39, 0.29) is 5.91 Å². The van der Waals surface area contributed by atoms with Crippen LogP contribution in [0.4, 0.5) is 0 Å². The maximum Gasteiger partial charge on any atom is 0.222 e. The van der Waals surface area contributed by atoms with Gasteiger partial charge in [-0.05, 0) is 56.8 Å². The van der Waals surface area contributed by atoms with Crippen molar-refractivity contribution < 1.29 is 9.59 Å². The van der Waals surface area contributed by atoms with Crippen molar-refractivity contribution in [3.63, 3.8) is 0 Å². The fraction of sp³-hybridized carbons (Fsp3) is 0.900. The zero-order chi connectivity index (χ0) is 16.9. The van der Waals surface area contributed by atoms with Crippen LogP contribution in [0.1, 0.15) is 77.6 Å². The Hall–Kier alpha value is -1.06. The summed E-state index contributed by atoms with van der Waals surface area (Å²) in [5, 5.41) is 0. The fourth-order valence-electron chi connectivity index (χ4n) is 4.88. The fourth-order valence-corrected chi connectivity index (χ4v) is 4.88. The van der Waals surface area contributed by atoms with Gasteiger partial charge in [-0.2, -0.15) is 0 Å². The number of nitrogens with zero attached hydrogens (tertiary/aromatic N) is 2. The molecule has 2 saturated heterocycles. The highest BCUT2D eigenvalue weighted by Gasteiger charge is 2.35. The summed E-state index contributed by atoms with van der Waals surface area (Å²) < 4.78 is 0. The zero-order valence-corrected chi connectivity index (χ0v) is 15.3. The van der Waals surface area contributed by atoms with E-state index in [9.17, 15) is 9.59 Å². The van der Waals surface area contributed by atoms with Crippen molar-refractivity contribution >= 4 is 11.8 Å². The molecule has 2 aliphatic heterocycles. The standard InChI is InChI=1S/C20H34N2O2/c1-16-11-14-21(15-12-16)19(23)9-4-10-20(24)22-13-5-7-17-6-2-3-8-18(17)22/h16-18H,2-15H2,1H3. The Balaban J connectivity index is 1.41. The molecule has 0 spiro atoms. The van der Waals surface area contributed by atoms with E-state index in [1.54, 1.807) is 0 Å². The van der Waals surface area contributed by atoms with Crippen LogP contribution in [0.15, 0.2) is 0 Å². The lowest BCUT2D eigenvalue weighted by molar-refractivity contribution is -0.138. The number of fused-ring (bicyclic) bond motifs is 1. The Morgan fingerprint density at radius 1 is 0.833 bits per heavy atom. The van der Waals surface area contributed by atoms with Gasteiger partial charge < -0.3 is 9.80 Å². The third-order valence-electron chi connectivity index (χ3n) is 6.48. The second kappa shape index (κ2) is 8.35. The first-order valence-electron chi connectivity index (χ1n) is 10.2. The molecule has 3 rings (SSSR count). The van der Waals surface area contributed by atoms with Crippen molar-refractivity contribution in [3.8, 4) is 0 Å². The number of carbonyl (C=O) groups excluding carboxylic acids is 2. The third-order valence-corrected chi connectivity index (χ3v) is 6.48. The number of amides is 2. The highest BCUT2D eigenvalue weighted by molar-refractivity contribution is 5.79. The van der Waals surface area contributed by atoms with Crippen LogP contribution in [0.25, 0.3) is 0 Å². The summed E-state index contributed by atoms with van der Waals surface area (Å²) in [5.74, 6) is 2.04. The summed E-state index contributed by atoms with van der Waals surface area (Å²) >= 11 is 0. The van der Waals surface area contributed by atoms with Gasteiger partial charge in [0.05, 0.1) is 0 Å². The van der Waals surface area contributed by atoms with E-state index < -0.39 is 0 Å². The van der Waals surface area contributed by atoms with Crippen LogP contribution in [-0.2, 0) is 9.59 Å². The van der Waals surface area contributed by atoms with Gasteiger partial charge in [0.1, 0.15) is 0 Å². The number of hydrogen-bond acceptors (Lipinski definition) is 2. The van der Waals surface area contributed by atoms with E-state index in [1.807, 2.05) is 4.90 Å². The number of hydrogen-bond donors (Lipinski definition) is 0. The average Bonchev–Trinajstić information content (AvgIpc) is 2.61. The molecule has 2 heterocycles. The molecule has 1 saturated carbocycles. The lowest BCUT2D eigenvalue weighted by Crippen LogP contribution is -2.49. The van der Waals surface area contributed by atoms with Crippen LogP contribution >= 0.6 is 0 Å². The SMILES string of the molecule is CC1CCN(C(=O)CCCC(=O)N2CCCC3CCCCC32)CC1. The molecule has 3 aliphatic rings. The maximum atomic E-state index is 12.7. The molecule has 0 aromatic carbocycles. The Kier molecular flexibility index (Phi) is 6.18. The van der Waals surface area contributed by atoms with Gasteiger partial charge in [0.2, 0.25) is 11.8 Å². The van der Waals surface area contributed by atoms with E-state index in [1.165, 1.54) is 32.1 Å². The summed E-state index contributed by atoms with van der Waals surface area (Å²) in [4.78, 5) is 29.1. The quantitative estimate of drug-likeness (QED) is 0.788. The largest absolute Gasteiger partial charge is 0.343 e. The first-order valence-corrected chi connectivity index (χ1v) is 10.2. The molecule has 3 fully saturated rings. The van der Waals surface area contributed by atoms with Crippen molar-refractivity contribution in [1.82, 2.24) is 9.80 Å². The van der Waals surface area contributed by atoms with Crippen LogP contribution in [0.5, 0.6) is 0 Å². The summed E-state index contributed by atoms with van der Waals surface area (Å²) in [6.07, 6.45) is 11.7. The van der Waals surface area contributed by atoms with Gasteiger partial charge in [-0.25, -0.2) is 0 Å². The number of likely N-dealkylation sites (tertiary alicyclic amines) is 2. The smallest absolute Gasteiger partial charge is 0.222 e. The molecule has 136 valence electrons. The van der Waals surface area contributed by atoms with Gasteiger partial charge >= 0.3 is 0 Å². The molecule has 0 bridgehead atoms. The summed E-state index contributed by atoms with van der Waals surface area (Å²) in [7, 11) is 0. The van der Waals surface area contributed by atoms with Gasteiger partial charge in [-0.3, -0.25) is 9.59 Å². The van der Waals surface area contributed by atoms with Crippen molar-refractivity contribution in [1.29, 1.82) is 0 Å². The topological polar surface area (TPSA) is 40.6 Å². The van der Waals surface area contributed by atoms with Crippen molar-refractivity contribution in [3.05, 3.63) is 0 Å². The van der Waals surface area contributed by atoms with Gasteiger partial charge in [0, 0.05) is 38.5 Å². The minimum atomic E-state index is 0.254. The molecule has 4 heteroatoms.